The molecule has 0 aromatic carbocycles. The minimum absolute atomic E-state index is 0.00235. The first kappa shape index (κ1) is 19.7. The second kappa shape index (κ2) is 8.34. The van der Waals surface area contributed by atoms with Gasteiger partial charge in [-0.1, -0.05) is 6.07 Å². The van der Waals surface area contributed by atoms with E-state index in [-0.39, 0.29) is 17.6 Å². The Bertz CT molecular complexity index is 933. The van der Waals surface area contributed by atoms with E-state index in [1.54, 1.807) is 23.1 Å². The molecule has 0 saturated carbocycles. The summed E-state index contributed by atoms with van der Waals surface area (Å²) >= 11 is 0. The topological polar surface area (TPSA) is 113 Å². The molecule has 0 bridgehead atoms. The van der Waals surface area contributed by atoms with Crippen molar-refractivity contribution in [2.45, 2.75) is 12.8 Å². The molecule has 1 aliphatic heterocycles. The molecule has 28 heavy (non-hydrogen) atoms. The van der Waals surface area contributed by atoms with Gasteiger partial charge in [0.05, 0.1) is 4.92 Å². The number of amides is 1. The molecular weight excluding hydrogens is 364 g/mol. The van der Waals surface area contributed by atoms with Crippen molar-refractivity contribution in [3.8, 4) is 0 Å². The zero-order valence-electron chi connectivity index (χ0n) is 16.0. The van der Waals surface area contributed by atoms with Crippen LogP contribution in [-0.4, -0.2) is 65.4 Å². The third kappa shape index (κ3) is 4.11. The maximum Gasteiger partial charge on any atom is 0.376 e. The molecule has 1 aliphatic rings. The Morgan fingerprint density at radius 2 is 2.07 bits per heavy atom. The van der Waals surface area contributed by atoms with Gasteiger partial charge in [-0.05, 0) is 39.1 Å². The molecule has 10 heteroatoms. The van der Waals surface area contributed by atoms with Crippen LogP contribution in [0.15, 0.2) is 29.2 Å². The number of nitrogens with one attached hydrogen (secondary N) is 1. The fourth-order valence-electron chi connectivity index (χ4n) is 3.35. The van der Waals surface area contributed by atoms with Crippen molar-refractivity contribution in [1.82, 2.24) is 19.6 Å². The van der Waals surface area contributed by atoms with Crippen molar-refractivity contribution in [2.75, 3.05) is 45.2 Å². The van der Waals surface area contributed by atoms with Crippen LogP contribution in [0.25, 0.3) is 5.65 Å². The minimum Gasteiger partial charge on any atom is -0.355 e. The highest BCUT2D eigenvalue weighted by Crippen LogP contribution is 2.27. The van der Waals surface area contributed by atoms with Crippen molar-refractivity contribution in [3.05, 3.63) is 44.9 Å². The highest BCUT2D eigenvalue weighted by Gasteiger charge is 2.32. The van der Waals surface area contributed by atoms with E-state index in [9.17, 15) is 19.7 Å². The maximum absolute atomic E-state index is 12.6. The number of likely N-dealkylation sites (N-methyl/N-ethyl adjacent to an activating group) is 1. The number of fused-ring (bicyclic) bond motifs is 1. The Labute approximate surface area is 161 Å². The smallest absolute Gasteiger partial charge is 0.355 e. The van der Waals surface area contributed by atoms with E-state index in [2.05, 4.69) is 10.3 Å². The van der Waals surface area contributed by atoms with E-state index in [1.165, 1.54) is 10.6 Å². The number of hydrogen-bond acceptors (Lipinski definition) is 7. The second-order valence-electron chi connectivity index (χ2n) is 7.13. The molecular formula is C18H24N6O4. The summed E-state index contributed by atoms with van der Waals surface area (Å²) in [7, 11) is 3.88. The quantitative estimate of drug-likeness (QED) is 0.566. The predicted molar refractivity (Wildman–Crippen MR) is 105 cm³/mol. The third-order valence-corrected chi connectivity index (χ3v) is 4.90. The van der Waals surface area contributed by atoms with Gasteiger partial charge >= 0.3 is 11.2 Å². The largest absolute Gasteiger partial charge is 0.376 e. The second-order valence-corrected chi connectivity index (χ2v) is 7.13. The number of carbonyl (C=O) groups is 1. The summed E-state index contributed by atoms with van der Waals surface area (Å²) in [4.78, 5) is 43.8. The number of aromatic nitrogens is 2. The van der Waals surface area contributed by atoms with Gasteiger partial charge in [0, 0.05) is 38.3 Å². The summed E-state index contributed by atoms with van der Waals surface area (Å²) in [6.07, 6.45) is 2.58. The fraction of sp³-hybridized carbons (Fsp3) is 0.500. The summed E-state index contributed by atoms with van der Waals surface area (Å²) in [6, 6.07) is 4.99. The predicted octanol–water partition coefficient (Wildman–Crippen LogP) is 0.497. The number of hydrogen-bond donors (Lipinski definition) is 1. The molecule has 3 rings (SSSR count). The lowest BCUT2D eigenvalue weighted by Crippen LogP contribution is -2.42. The molecule has 0 spiro atoms. The molecule has 0 radical (unpaired) electrons. The molecule has 1 fully saturated rings. The summed E-state index contributed by atoms with van der Waals surface area (Å²) in [6.45, 7) is 2.21. The lowest BCUT2D eigenvalue weighted by Gasteiger charge is -2.31. The Morgan fingerprint density at radius 1 is 1.36 bits per heavy atom. The lowest BCUT2D eigenvalue weighted by molar-refractivity contribution is -0.385. The summed E-state index contributed by atoms with van der Waals surface area (Å²) in [5, 5.41) is 14.5. The van der Waals surface area contributed by atoms with E-state index in [4.69, 9.17) is 0 Å². The van der Waals surface area contributed by atoms with Gasteiger partial charge in [0.25, 0.3) is 0 Å². The van der Waals surface area contributed by atoms with Gasteiger partial charge in [-0.2, -0.15) is 0 Å². The van der Waals surface area contributed by atoms with Crippen LogP contribution in [0.3, 0.4) is 0 Å². The number of nitro groups is 1. The minimum atomic E-state index is -0.700. The number of rotatable bonds is 6. The average Bonchev–Trinajstić information content (AvgIpc) is 2.67. The Balaban J connectivity index is 1.76. The van der Waals surface area contributed by atoms with Gasteiger partial charge in [0.2, 0.25) is 11.7 Å². The van der Waals surface area contributed by atoms with E-state index >= 15 is 0 Å². The van der Waals surface area contributed by atoms with E-state index in [0.29, 0.717) is 38.1 Å². The molecule has 3 heterocycles. The monoisotopic (exact) mass is 388 g/mol. The van der Waals surface area contributed by atoms with Crippen LogP contribution in [-0.2, 0) is 4.79 Å². The Hall–Kier alpha value is -3.01. The first-order valence-corrected chi connectivity index (χ1v) is 9.21. The molecule has 0 atom stereocenters. The Kier molecular flexibility index (Phi) is 5.88. The standard InChI is InChI=1S/C18H24N6O4/c1-21(2)12-8-19-17(25)13-6-10-22(11-7-13)16-15(24(27)28)18(26)23-9-4-3-5-14(23)20-16/h3-5,9,13H,6-8,10-12H2,1-2H3,(H,19,25). The maximum atomic E-state index is 12.6. The number of carbonyl (C=O) groups excluding carboxylic acids is 1. The van der Waals surface area contributed by atoms with Crippen LogP contribution in [0.1, 0.15) is 12.8 Å². The molecule has 1 amide bonds. The van der Waals surface area contributed by atoms with Gasteiger partial charge in [-0.25, -0.2) is 4.98 Å². The van der Waals surface area contributed by atoms with Crippen LogP contribution in [0.5, 0.6) is 0 Å². The number of pyridine rings is 1. The SMILES string of the molecule is CN(C)CCNC(=O)C1CCN(c2nc3ccccn3c(=O)c2[N+](=O)[O-])CC1. The van der Waals surface area contributed by atoms with Crippen molar-refractivity contribution >= 4 is 23.1 Å². The highest BCUT2D eigenvalue weighted by atomic mass is 16.6. The van der Waals surface area contributed by atoms with Crippen molar-refractivity contribution in [1.29, 1.82) is 0 Å². The van der Waals surface area contributed by atoms with Crippen LogP contribution < -0.4 is 15.8 Å². The molecule has 0 aliphatic carbocycles. The zero-order valence-corrected chi connectivity index (χ0v) is 16.0. The number of nitrogens with zero attached hydrogens (tertiary/aromatic N) is 5. The van der Waals surface area contributed by atoms with Gasteiger partial charge < -0.3 is 15.1 Å². The van der Waals surface area contributed by atoms with Gasteiger partial charge in [0.1, 0.15) is 5.65 Å². The lowest BCUT2D eigenvalue weighted by atomic mass is 9.96. The number of piperidine rings is 1. The van der Waals surface area contributed by atoms with Crippen LogP contribution in [0.2, 0.25) is 0 Å². The molecule has 2 aromatic rings. The first-order chi connectivity index (χ1) is 13.4. The summed E-state index contributed by atoms with van der Waals surface area (Å²) in [5.41, 5.74) is -0.872. The van der Waals surface area contributed by atoms with Crippen molar-refractivity contribution in [3.63, 3.8) is 0 Å². The van der Waals surface area contributed by atoms with Crippen LogP contribution >= 0.6 is 0 Å². The molecule has 1 saturated heterocycles. The van der Waals surface area contributed by atoms with Gasteiger partial charge in [-0.15, -0.1) is 0 Å². The van der Waals surface area contributed by atoms with Crippen molar-refractivity contribution < 1.29 is 9.72 Å². The van der Waals surface area contributed by atoms with E-state index in [0.717, 1.165) is 6.54 Å². The first-order valence-electron chi connectivity index (χ1n) is 9.21. The van der Waals surface area contributed by atoms with Gasteiger partial charge in [0.15, 0.2) is 0 Å². The zero-order chi connectivity index (χ0) is 20.3. The molecule has 1 N–H and O–H groups in total. The normalized spacial score (nSPS) is 15.2. The van der Waals surface area contributed by atoms with Crippen LogP contribution in [0.4, 0.5) is 11.5 Å². The van der Waals surface area contributed by atoms with E-state index < -0.39 is 16.2 Å². The van der Waals surface area contributed by atoms with Crippen LogP contribution in [0, 0.1) is 16.0 Å². The highest BCUT2D eigenvalue weighted by molar-refractivity contribution is 5.79. The van der Waals surface area contributed by atoms with Crippen molar-refractivity contribution in [2.24, 2.45) is 5.92 Å². The summed E-state index contributed by atoms with van der Waals surface area (Å²) in [5.74, 6) is -0.0609. The summed E-state index contributed by atoms with van der Waals surface area (Å²) < 4.78 is 1.17. The fourth-order valence-corrected chi connectivity index (χ4v) is 3.35. The average molecular weight is 388 g/mol. The molecule has 2 aromatic heterocycles. The van der Waals surface area contributed by atoms with Gasteiger partial charge in [-0.3, -0.25) is 24.1 Å². The number of anilines is 1. The molecule has 0 unspecified atom stereocenters. The molecule has 10 nitrogen and oxygen atoms in total. The molecule has 150 valence electrons. The third-order valence-electron chi connectivity index (χ3n) is 4.90. The van der Waals surface area contributed by atoms with E-state index in [1.807, 2.05) is 19.0 Å². The Morgan fingerprint density at radius 3 is 2.71 bits per heavy atom.